The van der Waals surface area contributed by atoms with Crippen LogP contribution in [-0.2, 0) is 4.79 Å². The van der Waals surface area contributed by atoms with Gasteiger partial charge in [-0.2, -0.15) is 0 Å². The van der Waals surface area contributed by atoms with Crippen molar-refractivity contribution in [3.05, 3.63) is 34.9 Å². The molecule has 1 aliphatic rings. The highest BCUT2D eigenvalue weighted by molar-refractivity contribution is 6.22. The van der Waals surface area contributed by atoms with Gasteiger partial charge in [-0.3, -0.25) is 19.3 Å². The highest BCUT2D eigenvalue weighted by Gasteiger charge is 2.37. The van der Waals surface area contributed by atoms with Crippen molar-refractivity contribution in [1.82, 2.24) is 10.2 Å². The van der Waals surface area contributed by atoms with Crippen molar-refractivity contribution < 1.29 is 14.4 Å². The van der Waals surface area contributed by atoms with E-state index in [9.17, 15) is 14.4 Å². The maximum atomic E-state index is 12.4. The summed E-state index contributed by atoms with van der Waals surface area (Å²) in [5, 5.41) is 2.88. The summed E-state index contributed by atoms with van der Waals surface area (Å²) in [5.41, 5.74) is 6.88. The third kappa shape index (κ3) is 3.12. The van der Waals surface area contributed by atoms with E-state index >= 15 is 0 Å². The fourth-order valence-electron chi connectivity index (χ4n) is 2.79. The fourth-order valence-corrected chi connectivity index (χ4v) is 2.79. The van der Waals surface area contributed by atoms with E-state index in [1.165, 1.54) is 0 Å². The van der Waals surface area contributed by atoms with Crippen molar-refractivity contribution in [3.63, 3.8) is 0 Å². The van der Waals surface area contributed by atoms with Gasteiger partial charge in [0.15, 0.2) is 0 Å². The number of benzene rings is 1. The molecule has 2 rings (SSSR count). The van der Waals surface area contributed by atoms with Gasteiger partial charge in [-0.05, 0) is 31.9 Å². The van der Waals surface area contributed by atoms with Crippen LogP contribution in [0.1, 0.15) is 53.0 Å². The molecule has 0 saturated carbocycles. The van der Waals surface area contributed by atoms with E-state index in [0.29, 0.717) is 30.5 Å². The predicted molar refractivity (Wildman–Crippen MR) is 87.1 cm³/mol. The molecular formula is C17H23N3O3. The number of nitrogens with two attached hydrogens (primary N) is 1. The van der Waals surface area contributed by atoms with Crippen LogP contribution in [-0.4, -0.2) is 41.2 Å². The van der Waals surface area contributed by atoms with Crippen molar-refractivity contribution in [2.24, 2.45) is 5.73 Å². The standard InChI is InChI=1S/C17H23N3O3/c1-4-17(5-2,10-18)19-14(21)9-20-15(22)12-7-6-11(3)8-13(12)16(20)23/h6-8H,4-5,9-10,18H2,1-3H3,(H,19,21). The summed E-state index contributed by atoms with van der Waals surface area (Å²) in [7, 11) is 0. The van der Waals surface area contributed by atoms with Crippen molar-refractivity contribution in [3.8, 4) is 0 Å². The summed E-state index contributed by atoms with van der Waals surface area (Å²) < 4.78 is 0. The number of fused-ring (bicyclic) bond motifs is 1. The monoisotopic (exact) mass is 317 g/mol. The molecule has 1 aromatic rings. The first-order chi connectivity index (χ1) is 10.9. The lowest BCUT2D eigenvalue weighted by Gasteiger charge is -2.32. The summed E-state index contributed by atoms with van der Waals surface area (Å²) in [4.78, 5) is 38.0. The molecule has 0 spiro atoms. The molecule has 0 atom stereocenters. The van der Waals surface area contributed by atoms with Gasteiger partial charge < -0.3 is 11.1 Å². The normalized spacial score (nSPS) is 14.2. The second-order valence-corrected chi connectivity index (χ2v) is 5.99. The second kappa shape index (κ2) is 6.50. The quantitative estimate of drug-likeness (QED) is 0.772. The highest BCUT2D eigenvalue weighted by Crippen LogP contribution is 2.23. The van der Waals surface area contributed by atoms with Crippen molar-refractivity contribution >= 4 is 17.7 Å². The zero-order valence-corrected chi connectivity index (χ0v) is 13.8. The fraction of sp³-hybridized carbons (Fsp3) is 0.471. The van der Waals surface area contributed by atoms with Gasteiger partial charge in [0, 0.05) is 6.54 Å². The van der Waals surface area contributed by atoms with E-state index in [0.717, 1.165) is 10.5 Å². The SMILES string of the molecule is CCC(CC)(CN)NC(=O)CN1C(=O)c2ccc(C)cc2C1=O. The van der Waals surface area contributed by atoms with E-state index in [1.54, 1.807) is 18.2 Å². The minimum absolute atomic E-state index is 0.285. The Kier molecular flexibility index (Phi) is 4.85. The lowest BCUT2D eigenvalue weighted by molar-refractivity contribution is -0.123. The lowest BCUT2D eigenvalue weighted by atomic mass is 9.93. The topological polar surface area (TPSA) is 92.5 Å². The van der Waals surface area contributed by atoms with Crippen LogP contribution < -0.4 is 11.1 Å². The molecule has 6 nitrogen and oxygen atoms in total. The Labute approximate surface area is 136 Å². The molecule has 23 heavy (non-hydrogen) atoms. The minimum Gasteiger partial charge on any atom is -0.348 e. The zero-order valence-electron chi connectivity index (χ0n) is 13.8. The molecule has 0 aromatic heterocycles. The molecule has 3 N–H and O–H groups in total. The van der Waals surface area contributed by atoms with Gasteiger partial charge in [-0.15, -0.1) is 0 Å². The molecule has 0 saturated heterocycles. The number of rotatable bonds is 6. The number of imide groups is 1. The van der Waals surface area contributed by atoms with Gasteiger partial charge in [0.1, 0.15) is 6.54 Å². The van der Waals surface area contributed by atoms with Gasteiger partial charge in [0.25, 0.3) is 11.8 Å². The van der Waals surface area contributed by atoms with Crippen molar-refractivity contribution in [1.29, 1.82) is 0 Å². The van der Waals surface area contributed by atoms with Crippen LogP contribution >= 0.6 is 0 Å². The van der Waals surface area contributed by atoms with Gasteiger partial charge in [0.05, 0.1) is 16.7 Å². The summed E-state index contributed by atoms with van der Waals surface area (Å²) in [6.45, 7) is 5.77. The predicted octanol–water partition coefficient (Wildman–Crippen LogP) is 1.22. The van der Waals surface area contributed by atoms with Crippen LogP contribution in [0, 0.1) is 6.92 Å². The third-order valence-electron chi connectivity index (χ3n) is 4.58. The number of nitrogens with one attached hydrogen (secondary N) is 1. The molecule has 0 unspecified atom stereocenters. The third-order valence-corrected chi connectivity index (χ3v) is 4.58. The first kappa shape index (κ1) is 17.1. The number of nitrogens with zero attached hydrogens (tertiary/aromatic N) is 1. The van der Waals surface area contributed by atoms with E-state index < -0.39 is 17.4 Å². The number of hydrogen-bond donors (Lipinski definition) is 2. The molecule has 0 bridgehead atoms. The number of carbonyl (C=O) groups is 3. The Balaban J connectivity index is 2.14. The smallest absolute Gasteiger partial charge is 0.262 e. The molecule has 6 heteroatoms. The Hall–Kier alpha value is -2.21. The first-order valence-electron chi connectivity index (χ1n) is 7.85. The Bertz CT molecular complexity index is 642. The summed E-state index contributed by atoms with van der Waals surface area (Å²) in [5.74, 6) is -1.22. The largest absolute Gasteiger partial charge is 0.348 e. The maximum absolute atomic E-state index is 12.4. The molecule has 0 aliphatic carbocycles. The number of hydrogen-bond acceptors (Lipinski definition) is 4. The second-order valence-electron chi connectivity index (χ2n) is 5.99. The van der Waals surface area contributed by atoms with Crippen LogP contribution in [0.5, 0.6) is 0 Å². The Morgan fingerprint density at radius 3 is 2.35 bits per heavy atom. The van der Waals surface area contributed by atoms with Gasteiger partial charge in [-0.25, -0.2) is 0 Å². The van der Waals surface area contributed by atoms with E-state index in [2.05, 4.69) is 5.32 Å². The van der Waals surface area contributed by atoms with Gasteiger partial charge >= 0.3 is 0 Å². The van der Waals surface area contributed by atoms with Gasteiger partial charge in [-0.1, -0.05) is 25.5 Å². The molecule has 0 fully saturated rings. The van der Waals surface area contributed by atoms with Crippen molar-refractivity contribution in [2.45, 2.75) is 39.2 Å². The number of carbonyl (C=O) groups excluding carboxylic acids is 3. The summed E-state index contributed by atoms with van der Waals surface area (Å²) >= 11 is 0. The highest BCUT2D eigenvalue weighted by atomic mass is 16.2. The number of aryl methyl sites for hydroxylation is 1. The lowest BCUT2D eigenvalue weighted by Crippen LogP contribution is -2.55. The van der Waals surface area contributed by atoms with E-state index in [-0.39, 0.29) is 12.5 Å². The van der Waals surface area contributed by atoms with E-state index in [1.807, 2.05) is 20.8 Å². The Morgan fingerprint density at radius 2 is 1.78 bits per heavy atom. The van der Waals surface area contributed by atoms with Crippen LogP contribution in [0.2, 0.25) is 0 Å². The zero-order chi connectivity index (χ0) is 17.2. The van der Waals surface area contributed by atoms with Crippen LogP contribution in [0.3, 0.4) is 0 Å². The average molecular weight is 317 g/mol. The van der Waals surface area contributed by atoms with Crippen LogP contribution in [0.15, 0.2) is 18.2 Å². The molecule has 1 aliphatic heterocycles. The first-order valence-corrected chi connectivity index (χ1v) is 7.85. The van der Waals surface area contributed by atoms with E-state index in [4.69, 9.17) is 5.73 Å². The number of amides is 3. The molecule has 1 heterocycles. The minimum atomic E-state index is -0.494. The maximum Gasteiger partial charge on any atom is 0.262 e. The molecule has 0 radical (unpaired) electrons. The summed E-state index contributed by atoms with van der Waals surface area (Å²) in [6, 6.07) is 5.09. The molecular weight excluding hydrogens is 294 g/mol. The Morgan fingerprint density at radius 1 is 1.17 bits per heavy atom. The van der Waals surface area contributed by atoms with Gasteiger partial charge in [0.2, 0.25) is 5.91 Å². The van der Waals surface area contributed by atoms with Crippen molar-refractivity contribution in [2.75, 3.05) is 13.1 Å². The molecule has 3 amide bonds. The summed E-state index contributed by atoms with van der Waals surface area (Å²) in [6.07, 6.45) is 1.38. The average Bonchev–Trinajstić information content (AvgIpc) is 2.77. The van der Waals surface area contributed by atoms with Crippen LogP contribution in [0.4, 0.5) is 0 Å². The van der Waals surface area contributed by atoms with Crippen LogP contribution in [0.25, 0.3) is 0 Å². The molecule has 1 aromatic carbocycles. The molecule has 124 valence electrons.